The highest BCUT2D eigenvalue weighted by Gasteiger charge is 2.13. The van der Waals surface area contributed by atoms with Crippen LogP contribution in [-0.2, 0) is 9.47 Å². The Kier molecular flexibility index (Phi) is 6.92. The zero-order chi connectivity index (χ0) is 10.9. The molecule has 4 nitrogen and oxygen atoms in total. The minimum Gasteiger partial charge on any atom is -0.382 e. The summed E-state index contributed by atoms with van der Waals surface area (Å²) in [6.45, 7) is 4.98. The summed E-state index contributed by atoms with van der Waals surface area (Å²) in [5.74, 6) is 0.825. The molecule has 1 rings (SSSR count). The summed E-state index contributed by atoms with van der Waals surface area (Å²) in [5.41, 5.74) is 0. The summed E-state index contributed by atoms with van der Waals surface area (Å²) in [6, 6.07) is 0. The smallest absolute Gasteiger partial charge is 0.0928 e. The number of rotatable bonds is 7. The van der Waals surface area contributed by atoms with E-state index in [4.69, 9.17) is 9.47 Å². The second-order valence-electron chi connectivity index (χ2n) is 4.16. The van der Waals surface area contributed by atoms with Crippen LogP contribution in [0.25, 0.3) is 0 Å². The first-order valence-corrected chi connectivity index (χ1v) is 5.80. The van der Waals surface area contributed by atoms with Crippen molar-refractivity contribution in [1.82, 2.24) is 10.6 Å². The van der Waals surface area contributed by atoms with Gasteiger partial charge in [0, 0.05) is 20.8 Å². The van der Waals surface area contributed by atoms with Gasteiger partial charge >= 0.3 is 0 Å². The average molecular weight is 216 g/mol. The van der Waals surface area contributed by atoms with Gasteiger partial charge in [-0.1, -0.05) is 0 Å². The van der Waals surface area contributed by atoms with E-state index in [-0.39, 0.29) is 6.10 Å². The van der Waals surface area contributed by atoms with Gasteiger partial charge in [0.05, 0.1) is 12.7 Å². The molecule has 0 aromatic rings. The maximum absolute atomic E-state index is 5.28. The minimum absolute atomic E-state index is 0.178. The normalized spacial score (nSPS) is 20.4. The molecule has 15 heavy (non-hydrogen) atoms. The Balaban J connectivity index is 2.03. The number of piperidine rings is 1. The summed E-state index contributed by atoms with van der Waals surface area (Å²) in [6.07, 6.45) is 2.75. The largest absolute Gasteiger partial charge is 0.382 e. The molecule has 1 aliphatic heterocycles. The van der Waals surface area contributed by atoms with Gasteiger partial charge in [-0.25, -0.2) is 0 Å². The summed E-state index contributed by atoms with van der Waals surface area (Å²) < 4.78 is 10.3. The Labute approximate surface area is 92.7 Å². The molecule has 1 saturated heterocycles. The van der Waals surface area contributed by atoms with Crippen molar-refractivity contribution in [1.29, 1.82) is 0 Å². The molecular weight excluding hydrogens is 192 g/mol. The van der Waals surface area contributed by atoms with Crippen molar-refractivity contribution in [2.24, 2.45) is 5.92 Å². The molecule has 0 spiro atoms. The van der Waals surface area contributed by atoms with Crippen LogP contribution in [0.3, 0.4) is 0 Å². The van der Waals surface area contributed by atoms with E-state index in [9.17, 15) is 0 Å². The van der Waals surface area contributed by atoms with E-state index in [1.165, 1.54) is 12.8 Å². The van der Waals surface area contributed by atoms with E-state index in [2.05, 4.69) is 10.6 Å². The summed E-state index contributed by atoms with van der Waals surface area (Å²) in [7, 11) is 3.44. The van der Waals surface area contributed by atoms with Crippen LogP contribution in [0.2, 0.25) is 0 Å². The predicted octanol–water partition coefficient (Wildman–Crippen LogP) is 0.237. The van der Waals surface area contributed by atoms with E-state index in [0.29, 0.717) is 6.61 Å². The number of hydrogen-bond acceptors (Lipinski definition) is 4. The molecule has 0 saturated carbocycles. The van der Waals surface area contributed by atoms with E-state index in [1.807, 2.05) is 0 Å². The maximum atomic E-state index is 5.28. The van der Waals surface area contributed by atoms with Gasteiger partial charge in [-0.2, -0.15) is 0 Å². The summed E-state index contributed by atoms with van der Waals surface area (Å²) in [5, 5.41) is 6.83. The van der Waals surface area contributed by atoms with Gasteiger partial charge in [-0.05, 0) is 38.4 Å². The molecule has 1 heterocycles. The van der Waals surface area contributed by atoms with Gasteiger partial charge in [0.1, 0.15) is 0 Å². The second kappa shape index (κ2) is 8.05. The second-order valence-corrected chi connectivity index (χ2v) is 4.16. The fraction of sp³-hybridized carbons (Fsp3) is 1.00. The highest BCUT2D eigenvalue weighted by Crippen LogP contribution is 2.09. The van der Waals surface area contributed by atoms with E-state index < -0.39 is 0 Å². The Bertz CT molecular complexity index is 145. The zero-order valence-corrected chi connectivity index (χ0v) is 9.92. The molecule has 0 bridgehead atoms. The SMILES string of the molecule is COCC(CNCC1CCNCC1)OC. The van der Waals surface area contributed by atoms with Crippen molar-refractivity contribution in [2.45, 2.75) is 18.9 Å². The fourth-order valence-corrected chi connectivity index (χ4v) is 1.93. The molecule has 1 unspecified atom stereocenters. The fourth-order valence-electron chi connectivity index (χ4n) is 1.93. The van der Waals surface area contributed by atoms with Gasteiger partial charge in [0.2, 0.25) is 0 Å². The summed E-state index contributed by atoms with van der Waals surface area (Å²) >= 11 is 0. The number of ether oxygens (including phenoxy) is 2. The lowest BCUT2D eigenvalue weighted by atomic mass is 9.98. The number of hydrogen-bond donors (Lipinski definition) is 2. The van der Waals surface area contributed by atoms with Crippen molar-refractivity contribution < 1.29 is 9.47 Å². The Hall–Kier alpha value is -0.160. The number of nitrogens with one attached hydrogen (secondary N) is 2. The molecule has 0 aromatic heterocycles. The van der Waals surface area contributed by atoms with Gasteiger partial charge in [-0.3, -0.25) is 0 Å². The van der Waals surface area contributed by atoms with Gasteiger partial charge in [0.25, 0.3) is 0 Å². The molecule has 1 fully saturated rings. The van der Waals surface area contributed by atoms with Crippen LogP contribution >= 0.6 is 0 Å². The highest BCUT2D eigenvalue weighted by molar-refractivity contribution is 4.71. The van der Waals surface area contributed by atoms with Crippen molar-refractivity contribution >= 4 is 0 Å². The number of methoxy groups -OCH3 is 2. The van der Waals surface area contributed by atoms with Crippen molar-refractivity contribution in [2.75, 3.05) is 47.0 Å². The van der Waals surface area contributed by atoms with E-state index >= 15 is 0 Å². The van der Waals surface area contributed by atoms with Gasteiger partial charge < -0.3 is 20.1 Å². The molecule has 1 atom stereocenters. The van der Waals surface area contributed by atoms with E-state index in [0.717, 1.165) is 32.1 Å². The van der Waals surface area contributed by atoms with Crippen molar-refractivity contribution in [3.63, 3.8) is 0 Å². The third kappa shape index (κ3) is 5.47. The van der Waals surface area contributed by atoms with Crippen LogP contribution in [-0.4, -0.2) is 53.1 Å². The molecule has 0 amide bonds. The molecule has 0 aliphatic carbocycles. The molecule has 90 valence electrons. The van der Waals surface area contributed by atoms with Crippen LogP contribution < -0.4 is 10.6 Å². The lowest BCUT2D eigenvalue weighted by Crippen LogP contribution is -2.38. The minimum atomic E-state index is 0.178. The highest BCUT2D eigenvalue weighted by atomic mass is 16.5. The third-order valence-electron chi connectivity index (χ3n) is 2.95. The molecular formula is C11H24N2O2. The van der Waals surface area contributed by atoms with Gasteiger partial charge in [0.15, 0.2) is 0 Å². The quantitative estimate of drug-likeness (QED) is 0.639. The summed E-state index contributed by atoms with van der Waals surface area (Å²) in [4.78, 5) is 0. The molecule has 4 heteroatoms. The molecule has 1 aliphatic rings. The molecule has 0 radical (unpaired) electrons. The Morgan fingerprint density at radius 1 is 1.33 bits per heavy atom. The Morgan fingerprint density at radius 3 is 2.67 bits per heavy atom. The van der Waals surface area contributed by atoms with Crippen LogP contribution in [0, 0.1) is 5.92 Å². The average Bonchev–Trinajstić information content (AvgIpc) is 2.29. The standard InChI is InChI=1S/C11H24N2O2/c1-14-9-11(15-2)8-13-7-10-3-5-12-6-4-10/h10-13H,3-9H2,1-2H3. The van der Waals surface area contributed by atoms with Crippen molar-refractivity contribution in [3.8, 4) is 0 Å². The third-order valence-corrected chi connectivity index (χ3v) is 2.95. The van der Waals surface area contributed by atoms with Crippen LogP contribution in [0.4, 0.5) is 0 Å². The first kappa shape index (κ1) is 12.9. The van der Waals surface area contributed by atoms with Crippen LogP contribution in [0.5, 0.6) is 0 Å². The first-order valence-electron chi connectivity index (χ1n) is 5.80. The Morgan fingerprint density at radius 2 is 2.07 bits per heavy atom. The van der Waals surface area contributed by atoms with Crippen molar-refractivity contribution in [3.05, 3.63) is 0 Å². The van der Waals surface area contributed by atoms with Crippen LogP contribution in [0.1, 0.15) is 12.8 Å². The van der Waals surface area contributed by atoms with E-state index in [1.54, 1.807) is 14.2 Å². The van der Waals surface area contributed by atoms with Gasteiger partial charge in [-0.15, -0.1) is 0 Å². The lowest BCUT2D eigenvalue weighted by molar-refractivity contribution is 0.0283. The molecule has 0 aromatic carbocycles. The predicted molar refractivity (Wildman–Crippen MR) is 61.1 cm³/mol. The monoisotopic (exact) mass is 216 g/mol. The lowest BCUT2D eigenvalue weighted by Gasteiger charge is -2.24. The van der Waals surface area contributed by atoms with Crippen LogP contribution in [0.15, 0.2) is 0 Å². The maximum Gasteiger partial charge on any atom is 0.0928 e. The first-order chi connectivity index (χ1) is 7.36. The topological polar surface area (TPSA) is 42.5 Å². The zero-order valence-electron chi connectivity index (χ0n) is 9.92. The molecule has 2 N–H and O–H groups in total.